The number of aromatic amines is 1. The Labute approximate surface area is 146 Å². The summed E-state index contributed by atoms with van der Waals surface area (Å²) in [6, 6.07) is 15.5. The molecule has 0 aliphatic carbocycles. The van der Waals surface area contributed by atoms with Gasteiger partial charge >= 0.3 is 0 Å². The van der Waals surface area contributed by atoms with E-state index in [0.717, 1.165) is 22.0 Å². The van der Waals surface area contributed by atoms with Crippen LogP contribution in [0.3, 0.4) is 0 Å². The number of hydrogen-bond acceptors (Lipinski definition) is 2. The van der Waals surface area contributed by atoms with Crippen LogP contribution >= 0.6 is 11.6 Å². The third-order valence-electron chi connectivity index (χ3n) is 4.32. The van der Waals surface area contributed by atoms with Gasteiger partial charge in [-0.1, -0.05) is 41.9 Å². The highest BCUT2D eigenvalue weighted by molar-refractivity contribution is 6.30. The van der Waals surface area contributed by atoms with Crippen LogP contribution in [0.1, 0.15) is 37.3 Å². The molecular weight excluding hydrogens is 322 g/mol. The first-order valence-electron chi connectivity index (χ1n) is 7.93. The van der Waals surface area contributed by atoms with Crippen molar-refractivity contribution in [3.05, 3.63) is 70.9 Å². The Bertz CT molecular complexity index is 876. The van der Waals surface area contributed by atoms with Gasteiger partial charge in [0.2, 0.25) is 0 Å². The van der Waals surface area contributed by atoms with Crippen LogP contribution in [0.2, 0.25) is 5.02 Å². The largest absolute Gasteiger partial charge is 0.383 e. The zero-order valence-electron chi connectivity index (χ0n) is 13.7. The minimum Gasteiger partial charge on any atom is -0.383 e. The summed E-state index contributed by atoms with van der Waals surface area (Å²) in [6.07, 6.45) is 2.15. The lowest BCUT2D eigenvalue weighted by atomic mass is 9.84. The molecule has 3 aromatic rings. The highest BCUT2D eigenvalue weighted by atomic mass is 35.5. The second-order valence-electron chi connectivity index (χ2n) is 6.58. The summed E-state index contributed by atoms with van der Waals surface area (Å²) in [6.45, 7) is 3.05. The van der Waals surface area contributed by atoms with E-state index in [1.165, 1.54) is 13.8 Å². The zero-order valence-corrected chi connectivity index (χ0v) is 14.5. The quantitative estimate of drug-likeness (QED) is 0.707. The number of hydrogen-bond donors (Lipinski definition) is 2. The molecular formula is C20H20ClNO2. The van der Waals surface area contributed by atoms with Crippen LogP contribution in [0.4, 0.5) is 0 Å². The van der Waals surface area contributed by atoms with Crippen LogP contribution < -0.4 is 0 Å². The van der Waals surface area contributed by atoms with E-state index in [0.29, 0.717) is 5.02 Å². The molecule has 2 N–H and O–H groups in total. The Hall–Kier alpha value is -2.10. The SMILES string of the molecule is CC(C)(O)C(=O)CC(c1cccc(Cl)c1)c1c[nH]c2ccccc12. The fourth-order valence-corrected chi connectivity index (χ4v) is 3.15. The molecule has 24 heavy (non-hydrogen) atoms. The van der Waals surface area contributed by atoms with Crippen LogP contribution in [0.25, 0.3) is 10.9 Å². The molecule has 0 fully saturated rings. The summed E-state index contributed by atoms with van der Waals surface area (Å²) in [4.78, 5) is 15.7. The van der Waals surface area contributed by atoms with E-state index in [9.17, 15) is 9.90 Å². The van der Waals surface area contributed by atoms with Crippen molar-refractivity contribution in [2.75, 3.05) is 0 Å². The molecule has 1 atom stereocenters. The van der Waals surface area contributed by atoms with Gasteiger partial charge in [-0.05, 0) is 43.2 Å². The molecule has 0 radical (unpaired) electrons. The number of aliphatic hydroxyl groups is 1. The molecule has 3 rings (SSSR count). The first-order valence-corrected chi connectivity index (χ1v) is 8.31. The average Bonchev–Trinajstić information content (AvgIpc) is 2.95. The monoisotopic (exact) mass is 341 g/mol. The molecule has 0 aliphatic rings. The summed E-state index contributed by atoms with van der Waals surface area (Å²) in [5, 5.41) is 11.8. The van der Waals surface area contributed by atoms with E-state index in [1.807, 2.05) is 54.7 Å². The Morgan fingerprint density at radius 1 is 1.21 bits per heavy atom. The van der Waals surface area contributed by atoms with Gasteiger partial charge in [-0.3, -0.25) is 4.79 Å². The van der Waals surface area contributed by atoms with E-state index in [4.69, 9.17) is 11.6 Å². The molecule has 4 heteroatoms. The summed E-state index contributed by atoms with van der Waals surface area (Å²) in [7, 11) is 0. The summed E-state index contributed by atoms with van der Waals surface area (Å²) in [5.74, 6) is -0.364. The van der Waals surface area contributed by atoms with Crippen molar-refractivity contribution in [3.8, 4) is 0 Å². The van der Waals surface area contributed by atoms with Gasteiger partial charge in [0.05, 0.1) is 0 Å². The topological polar surface area (TPSA) is 53.1 Å². The smallest absolute Gasteiger partial charge is 0.164 e. The number of para-hydroxylation sites is 1. The van der Waals surface area contributed by atoms with Crippen molar-refractivity contribution < 1.29 is 9.90 Å². The number of Topliss-reactive ketones (excluding diaryl/α,β-unsaturated/α-hetero) is 1. The van der Waals surface area contributed by atoms with E-state index in [2.05, 4.69) is 4.98 Å². The predicted octanol–water partition coefficient (Wildman–Crippen LogP) is 4.68. The van der Waals surface area contributed by atoms with E-state index in [-0.39, 0.29) is 18.1 Å². The lowest BCUT2D eigenvalue weighted by molar-refractivity contribution is -0.134. The molecule has 2 aromatic carbocycles. The van der Waals surface area contributed by atoms with Crippen LogP contribution in [0.15, 0.2) is 54.7 Å². The molecule has 3 nitrogen and oxygen atoms in total. The number of benzene rings is 2. The maximum Gasteiger partial charge on any atom is 0.164 e. The number of nitrogens with one attached hydrogen (secondary N) is 1. The molecule has 0 spiro atoms. The van der Waals surface area contributed by atoms with Crippen molar-refractivity contribution in [3.63, 3.8) is 0 Å². The highest BCUT2D eigenvalue weighted by Gasteiger charge is 2.29. The Kier molecular flexibility index (Phi) is 4.48. The van der Waals surface area contributed by atoms with Gasteiger partial charge in [-0.2, -0.15) is 0 Å². The number of rotatable bonds is 5. The third kappa shape index (κ3) is 3.37. The van der Waals surface area contributed by atoms with Crippen molar-refractivity contribution in [2.45, 2.75) is 31.8 Å². The molecule has 0 amide bonds. The summed E-state index contributed by atoms with van der Waals surface area (Å²) >= 11 is 6.15. The molecule has 0 saturated carbocycles. The number of carbonyl (C=O) groups is 1. The van der Waals surface area contributed by atoms with Crippen molar-refractivity contribution >= 4 is 28.3 Å². The van der Waals surface area contributed by atoms with Gasteiger partial charge < -0.3 is 10.1 Å². The predicted molar refractivity (Wildman–Crippen MR) is 97.5 cm³/mol. The maximum absolute atomic E-state index is 12.5. The fraction of sp³-hybridized carbons (Fsp3) is 0.250. The average molecular weight is 342 g/mol. The fourth-order valence-electron chi connectivity index (χ4n) is 2.95. The number of fused-ring (bicyclic) bond motifs is 1. The van der Waals surface area contributed by atoms with E-state index >= 15 is 0 Å². The first-order chi connectivity index (χ1) is 11.4. The van der Waals surface area contributed by atoms with Crippen molar-refractivity contribution in [1.29, 1.82) is 0 Å². The van der Waals surface area contributed by atoms with Gasteiger partial charge in [0.15, 0.2) is 5.78 Å². The number of H-pyrrole nitrogens is 1. The molecule has 0 bridgehead atoms. The van der Waals surface area contributed by atoms with Gasteiger partial charge in [0.1, 0.15) is 5.60 Å². The van der Waals surface area contributed by atoms with Crippen LogP contribution in [0.5, 0.6) is 0 Å². The number of aromatic nitrogens is 1. The minimum absolute atomic E-state index is 0.168. The van der Waals surface area contributed by atoms with Gasteiger partial charge in [0, 0.05) is 34.5 Å². The third-order valence-corrected chi connectivity index (χ3v) is 4.55. The second kappa shape index (κ2) is 6.42. The molecule has 124 valence electrons. The number of halogens is 1. The number of ketones is 1. The highest BCUT2D eigenvalue weighted by Crippen LogP contribution is 2.35. The van der Waals surface area contributed by atoms with Crippen LogP contribution in [0, 0.1) is 0 Å². The standard InChI is InChI=1S/C20H20ClNO2/c1-20(2,24)19(23)11-16(13-6-5-7-14(21)10-13)17-12-22-18-9-4-3-8-15(17)18/h3-10,12,16,22,24H,11H2,1-2H3. The molecule has 1 heterocycles. The zero-order chi connectivity index (χ0) is 17.3. The van der Waals surface area contributed by atoms with Crippen molar-refractivity contribution in [2.24, 2.45) is 0 Å². The lowest BCUT2D eigenvalue weighted by Crippen LogP contribution is -2.32. The van der Waals surface area contributed by atoms with Gasteiger partial charge in [-0.25, -0.2) is 0 Å². The van der Waals surface area contributed by atoms with Gasteiger partial charge in [0.25, 0.3) is 0 Å². The first kappa shape index (κ1) is 16.7. The van der Waals surface area contributed by atoms with Gasteiger partial charge in [-0.15, -0.1) is 0 Å². The minimum atomic E-state index is -1.36. The normalized spacial score (nSPS) is 13.2. The molecule has 0 saturated heterocycles. The van der Waals surface area contributed by atoms with E-state index in [1.54, 1.807) is 0 Å². The lowest BCUT2D eigenvalue weighted by Gasteiger charge is -2.22. The summed E-state index contributed by atoms with van der Waals surface area (Å²) < 4.78 is 0. The number of carbonyl (C=O) groups excluding carboxylic acids is 1. The van der Waals surface area contributed by atoms with E-state index < -0.39 is 5.60 Å². The Balaban J connectivity index is 2.10. The van der Waals surface area contributed by atoms with Crippen LogP contribution in [-0.4, -0.2) is 21.5 Å². The van der Waals surface area contributed by atoms with Crippen molar-refractivity contribution in [1.82, 2.24) is 4.98 Å². The maximum atomic E-state index is 12.5. The summed E-state index contributed by atoms with van der Waals surface area (Å²) in [5.41, 5.74) is 1.66. The Morgan fingerprint density at radius 2 is 1.96 bits per heavy atom. The molecule has 1 unspecified atom stereocenters. The molecule has 1 aromatic heterocycles. The van der Waals surface area contributed by atoms with Crippen LogP contribution in [-0.2, 0) is 4.79 Å². The Morgan fingerprint density at radius 3 is 2.67 bits per heavy atom. The molecule has 0 aliphatic heterocycles. The second-order valence-corrected chi connectivity index (χ2v) is 7.02.